The summed E-state index contributed by atoms with van der Waals surface area (Å²) in [5.41, 5.74) is 3.22. The molecule has 0 atom stereocenters. The van der Waals surface area contributed by atoms with Gasteiger partial charge in [-0.05, 0) is 49.9 Å². The number of pyridine rings is 1. The van der Waals surface area contributed by atoms with Gasteiger partial charge in [-0.2, -0.15) is 0 Å². The second-order valence-corrected chi connectivity index (χ2v) is 6.90. The fourth-order valence-electron chi connectivity index (χ4n) is 2.80. The predicted octanol–water partition coefficient (Wildman–Crippen LogP) is 5.49. The van der Waals surface area contributed by atoms with Crippen LogP contribution in [0, 0.1) is 5.82 Å². The minimum atomic E-state index is -0.436. The Morgan fingerprint density at radius 3 is 2.65 bits per heavy atom. The Balaban J connectivity index is 1.87. The number of anilines is 1. The third-order valence-corrected chi connectivity index (χ3v) is 4.87. The molecule has 0 saturated carbocycles. The summed E-state index contributed by atoms with van der Waals surface area (Å²) in [6, 6.07) is 6.71. The molecule has 0 spiro atoms. The normalized spacial score (nSPS) is 11.9. The Bertz CT molecular complexity index is 1190. The van der Waals surface area contributed by atoms with E-state index in [0.29, 0.717) is 33.0 Å². The highest BCUT2D eigenvalue weighted by atomic mass is 35.5. The summed E-state index contributed by atoms with van der Waals surface area (Å²) < 4.78 is 14.1. The van der Waals surface area contributed by atoms with Gasteiger partial charge in [0.15, 0.2) is 5.82 Å². The zero-order valence-electron chi connectivity index (χ0n) is 16.9. The van der Waals surface area contributed by atoms with Crippen molar-refractivity contribution in [2.45, 2.75) is 13.8 Å². The molecular formula is C23H19ClFN5O. The van der Waals surface area contributed by atoms with Crippen LogP contribution in [0.25, 0.3) is 22.4 Å². The van der Waals surface area contributed by atoms with Crippen LogP contribution >= 0.6 is 11.6 Å². The van der Waals surface area contributed by atoms with E-state index in [0.717, 1.165) is 11.8 Å². The second kappa shape index (κ2) is 9.86. The Morgan fingerprint density at radius 1 is 1.19 bits per heavy atom. The van der Waals surface area contributed by atoms with E-state index in [2.05, 4.69) is 32.0 Å². The molecule has 0 fully saturated rings. The first kappa shape index (κ1) is 22.0. The van der Waals surface area contributed by atoms with Gasteiger partial charge in [0.05, 0.1) is 34.9 Å². The number of aliphatic imine (C=N–C) groups is 1. The van der Waals surface area contributed by atoms with Gasteiger partial charge >= 0.3 is 0 Å². The van der Waals surface area contributed by atoms with Crippen molar-refractivity contribution in [3.8, 4) is 22.4 Å². The smallest absolute Gasteiger partial charge is 0.258 e. The van der Waals surface area contributed by atoms with Crippen molar-refractivity contribution in [3.05, 3.63) is 83.3 Å². The van der Waals surface area contributed by atoms with Gasteiger partial charge < -0.3 is 5.32 Å². The Hall–Kier alpha value is -3.71. The molecule has 2 aromatic heterocycles. The van der Waals surface area contributed by atoms with E-state index in [1.54, 1.807) is 37.3 Å². The lowest BCUT2D eigenvalue weighted by atomic mass is 10.0. The Kier molecular flexibility index (Phi) is 6.99. The SMILES string of the molecule is C=N/C=C(C(=O)Nc1cnc(-c2cc(-c3ccncc3F)ccc2Cl)cn1)\C(C)=C/C. The second-order valence-electron chi connectivity index (χ2n) is 6.49. The van der Waals surface area contributed by atoms with Crippen LogP contribution in [0.4, 0.5) is 10.2 Å². The lowest BCUT2D eigenvalue weighted by Crippen LogP contribution is -2.16. The monoisotopic (exact) mass is 435 g/mol. The molecule has 1 amide bonds. The number of aromatic nitrogens is 3. The molecule has 2 heterocycles. The van der Waals surface area contributed by atoms with E-state index in [1.165, 1.54) is 24.8 Å². The maximum atomic E-state index is 14.1. The van der Waals surface area contributed by atoms with E-state index in [-0.39, 0.29) is 11.7 Å². The van der Waals surface area contributed by atoms with Gasteiger partial charge in [-0.1, -0.05) is 23.7 Å². The van der Waals surface area contributed by atoms with E-state index >= 15 is 0 Å². The van der Waals surface area contributed by atoms with E-state index in [9.17, 15) is 9.18 Å². The standard InChI is InChI=1S/C23H19ClFN5O/c1-4-14(2)18(10-26-3)23(31)30-22-13-28-21(12-29-22)17-9-15(5-6-19(17)24)16-7-8-27-11-20(16)25/h4-13H,3H2,1-2H3,(H,29,30,31)/b14-4-,18-10+. The molecule has 1 aromatic carbocycles. The number of nitrogens with zero attached hydrogens (tertiary/aromatic N) is 4. The largest absolute Gasteiger partial charge is 0.305 e. The van der Waals surface area contributed by atoms with E-state index in [1.807, 2.05) is 6.92 Å². The van der Waals surface area contributed by atoms with Crippen LogP contribution in [0.2, 0.25) is 5.02 Å². The highest BCUT2D eigenvalue weighted by Crippen LogP contribution is 2.32. The molecule has 0 radical (unpaired) electrons. The quantitative estimate of drug-likeness (QED) is 0.315. The van der Waals surface area contributed by atoms with Gasteiger partial charge in [-0.15, -0.1) is 0 Å². The molecule has 3 aromatic rings. The molecule has 0 aliphatic rings. The maximum absolute atomic E-state index is 14.1. The van der Waals surface area contributed by atoms with Crippen LogP contribution in [-0.4, -0.2) is 27.6 Å². The minimum Gasteiger partial charge on any atom is -0.305 e. The van der Waals surface area contributed by atoms with Gasteiger partial charge in [0.2, 0.25) is 0 Å². The van der Waals surface area contributed by atoms with Crippen molar-refractivity contribution in [1.29, 1.82) is 0 Å². The first-order valence-corrected chi connectivity index (χ1v) is 9.65. The van der Waals surface area contributed by atoms with Gasteiger partial charge in [0.1, 0.15) is 5.82 Å². The number of halogens is 2. The van der Waals surface area contributed by atoms with Crippen molar-refractivity contribution in [2.75, 3.05) is 5.32 Å². The molecule has 8 heteroatoms. The lowest BCUT2D eigenvalue weighted by molar-refractivity contribution is -0.112. The summed E-state index contributed by atoms with van der Waals surface area (Å²) in [6.07, 6.45) is 8.77. The van der Waals surface area contributed by atoms with E-state index in [4.69, 9.17) is 11.6 Å². The molecule has 0 bridgehead atoms. The molecule has 1 N–H and O–H groups in total. The van der Waals surface area contributed by atoms with Gasteiger partial charge in [0.25, 0.3) is 5.91 Å². The van der Waals surface area contributed by atoms with Crippen molar-refractivity contribution >= 4 is 30.0 Å². The highest BCUT2D eigenvalue weighted by molar-refractivity contribution is 6.33. The molecule has 156 valence electrons. The van der Waals surface area contributed by atoms with Crippen LogP contribution in [0.15, 0.2) is 77.5 Å². The third-order valence-electron chi connectivity index (χ3n) is 4.54. The number of nitrogens with one attached hydrogen (secondary N) is 1. The molecule has 6 nitrogen and oxygen atoms in total. The first-order chi connectivity index (χ1) is 14.9. The average Bonchev–Trinajstić information content (AvgIpc) is 2.78. The molecule has 0 unspecified atom stereocenters. The number of hydrogen-bond donors (Lipinski definition) is 1. The summed E-state index contributed by atoms with van der Waals surface area (Å²) in [5.74, 6) is -0.549. The van der Waals surface area contributed by atoms with Gasteiger partial charge in [-0.3, -0.25) is 19.8 Å². The zero-order valence-corrected chi connectivity index (χ0v) is 17.7. The summed E-state index contributed by atoms with van der Waals surface area (Å²) >= 11 is 6.34. The summed E-state index contributed by atoms with van der Waals surface area (Å²) in [4.78, 5) is 28.6. The number of amides is 1. The number of rotatable bonds is 6. The molecule has 31 heavy (non-hydrogen) atoms. The molecule has 0 saturated heterocycles. The lowest BCUT2D eigenvalue weighted by Gasteiger charge is -2.10. The highest BCUT2D eigenvalue weighted by Gasteiger charge is 2.14. The maximum Gasteiger partial charge on any atom is 0.258 e. The van der Waals surface area contributed by atoms with Crippen LogP contribution in [0.3, 0.4) is 0 Å². The Morgan fingerprint density at radius 2 is 2.00 bits per heavy atom. The number of allylic oxidation sites excluding steroid dienone is 1. The van der Waals surface area contributed by atoms with Gasteiger partial charge in [0, 0.05) is 23.5 Å². The number of benzene rings is 1. The van der Waals surface area contributed by atoms with Crippen LogP contribution in [0.5, 0.6) is 0 Å². The van der Waals surface area contributed by atoms with Crippen molar-refractivity contribution in [2.24, 2.45) is 4.99 Å². The number of carbonyl (C=O) groups is 1. The molecular weight excluding hydrogens is 417 g/mol. The predicted molar refractivity (Wildman–Crippen MR) is 121 cm³/mol. The van der Waals surface area contributed by atoms with Crippen LogP contribution < -0.4 is 5.32 Å². The Labute approximate surface area is 184 Å². The third kappa shape index (κ3) is 5.07. The van der Waals surface area contributed by atoms with E-state index < -0.39 is 5.82 Å². The number of hydrogen-bond acceptors (Lipinski definition) is 5. The summed E-state index contributed by atoms with van der Waals surface area (Å²) in [7, 11) is 0. The molecule has 0 aliphatic carbocycles. The van der Waals surface area contributed by atoms with Crippen molar-refractivity contribution in [1.82, 2.24) is 15.0 Å². The van der Waals surface area contributed by atoms with Gasteiger partial charge in [-0.25, -0.2) is 9.37 Å². The minimum absolute atomic E-state index is 0.264. The molecule has 3 rings (SSSR count). The first-order valence-electron chi connectivity index (χ1n) is 9.27. The zero-order chi connectivity index (χ0) is 22.4. The fraction of sp³-hybridized carbons (Fsp3) is 0.0870. The molecule has 0 aliphatic heterocycles. The average molecular weight is 436 g/mol. The van der Waals surface area contributed by atoms with Crippen LogP contribution in [0.1, 0.15) is 13.8 Å². The summed E-state index contributed by atoms with van der Waals surface area (Å²) in [6.45, 7) is 7.01. The number of carbonyl (C=O) groups excluding carboxylic acids is 1. The van der Waals surface area contributed by atoms with Crippen LogP contribution in [-0.2, 0) is 4.79 Å². The fourth-order valence-corrected chi connectivity index (χ4v) is 3.01. The van der Waals surface area contributed by atoms with Crippen molar-refractivity contribution in [3.63, 3.8) is 0 Å². The topological polar surface area (TPSA) is 80.1 Å². The van der Waals surface area contributed by atoms with Crippen molar-refractivity contribution < 1.29 is 9.18 Å². The summed E-state index contributed by atoms with van der Waals surface area (Å²) in [5, 5.41) is 3.12.